The lowest BCUT2D eigenvalue weighted by molar-refractivity contribution is 0.399. The average molecular weight is 356 g/mol. The first-order chi connectivity index (χ1) is 9.63. The number of ether oxygens (including phenoxy) is 1. The van der Waals surface area contributed by atoms with Gasteiger partial charge in [-0.15, -0.1) is 0 Å². The van der Waals surface area contributed by atoms with Crippen molar-refractivity contribution in [3.05, 3.63) is 63.1 Å². The van der Waals surface area contributed by atoms with Crippen LogP contribution in [-0.4, -0.2) is 7.11 Å². The van der Waals surface area contributed by atoms with E-state index in [0.29, 0.717) is 5.02 Å². The molecule has 20 heavy (non-hydrogen) atoms. The van der Waals surface area contributed by atoms with E-state index in [4.69, 9.17) is 22.2 Å². The molecule has 0 bridgehead atoms. The Morgan fingerprint density at radius 1 is 1.30 bits per heavy atom. The van der Waals surface area contributed by atoms with E-state index < -0.39 is 0 Å². The highest BCUT2D eigenvalue weighted by atomic mass is 79.9. The molecule has 2 aromatic carbocycles. The molecular formula is C15H16BrClN2O. The topological polar surface area (TPSA) is 47.3 Å². The van der Waals surface area contributed by atoms with Crippen molar-refractivity contribution in [2.24, 2.45) is 5.84 Å². The van der Waals surface area contributed by atoms with Crippen molar-refractivity contribution in [3.63, 3.8) is 0 Å². The smallest absolute Gasteiger partial charge is 0.123 e. The van der Waals surface area contributed by atoms with Crippen LogP contribution in [0.15, 0.2) is 46.9 Å². The molecule has 2 aromatic rings. The molecular weight excluding hydrogens is 340 g/mol. The fraction of sp³-hybridized carbons (Fsp3) is 0.200. The summed E-state index contributed by atoms with van der Waals surface area (Å²) in [5.41, 5.74) is 4.95. The maximum absolute atomic E-state index is 6.07. The van der Waals surface area contributed by atoms with Crippen molar-refractivity contribution >= 4 is 27.5 Å². The molecule has 0 amide bonds. The van der Waals surface area contributed by atoms with Crippen molar-refractivity contribution in [1.29, 1.82) is 0 Å². The zero-order valence-electron chi connectivity index (χ0n) is 11.1. The van der Waals surface area contributed by atoms with Crippen LogP contribution in [0.25, 0.3) is 0 Å². The number of methoxy groups -OCH3 is 1. The largest absolute Gasteiger partial charge is 0.496 e. The summed E-state index contributed by atoms with van der Waals surface area (Å²) in [4.78, 5) is 0. The molecule has 5 heteroatoms. The first-order valence-corrected chi connectivity index (χ1v) is 7.35. The highest BCUT2D eigenvalue weighted by Crippen LogP contribution is 2.30. The highest BCUT2D eigenvalue weighted by molar-refractivity contribution is 9.10. The normalized spacial score (nSPS) is 12.2. The van der Waals surface area contributed by atoms with E-state index in [-0.39, 0.29) is 6.04 Å². The Kier molecular flexibility index (Phi) is 5.43. The Hall–Kier alpha value is -1.07. The Bertz CT molecular complexity index is 592. The van der Waals surface area contributed by atoms with E-state index in [0.717, 1.165) is 22.2 Å². The van der Waals surface area contributed by atoms with Gasteiger partial charge in [0.25, 0.3) is 0 Å². The summed E-state index contributed by atoms with van der Waals surface area (Å²) in [6.07, 6.45) is 0.743. The Morgan fingerprint density at radius 3 is 2.75 bits per heavy atom. The minimum atomic E-state index is -0.0713. The van der Waals surface area contributed by atoms with Gasteiger partial charge in [0.2, 0.25) is 0 Å². The van der Waals surface area contributed by atoms with Crippen LogP contribution >= 0.6 is 27.5 Å². The SMILES string of the molecule is COc1ccc(Cl)cc1C(Cc1cccc(Br)c1)NN. The average Bonchev–Trinajstić information content (AvgIpc) is 2.45. The first kappa shape index (κ1) is 15.3. The molecule has 0 aliphatic rings. The standard InChI is InChI=1S/C15H16BrClN2O/c1-20-15-6-5-12(17)9-13(15)14(19-18)8-10-3-2-4-11(16)7-10/h2-7,9,14,19H,8,18H2,1H3. The zero-order chi connectivity index (χ0) is 14.5. The number of halogens is 2. The van der Waals surface area contributed by atoms with Gasteiger partial charge in [-0.1, -0.05) is 39.7 Å². The van der Waals surface area contributed by atoms with E-state index in [1.807, 2.05) is 24.3 Å². The van der Waals surface area contributed by atoms with Gasteiger partial charge in [-0.3, -0.25) is 11.3 Å². The molecule has 0 fully saturated rings. The number of nitrogens with one attached hydrogen (secondary N) is 1. The van der Waals surface area contributed by atoms with Crippen molar-refractivity contribution in [2.45, 2.75) is 12.5 Å². The van der Waals surface area contributed by atoms with Crippen LogP contribution in [0.4, 0.5) is 0 Å². The molecule has 1 atom stereocenters. The van der Waals surface area contributed by atoms with Crippen LogP contribution in [0, 0.1) is 0 Å². The van der Waals surface area contributed by atoms with Gasteiger partial charge in [0, 0.05) is 15.1 Å². The molecule has 0 saturated heterocycles. The van der Waals surface area contributed by atoms with Gasteiger partial charge in [-0.2, -0.15) is 0 Å². The minimum absolute atomic E-state index is 0.0713. The van der Waals surface area contributed by atoms with Gasteiger partial charge in [-0.05, 0) is 42.3 Å². The number of benzene rings is 2. The van der Waals surface area contributed by atoms with Gasteiger partial charge in [0.15, 0.2) is 0 Å². The van der Waals surface area contributed by atoms with E-state index in [2.05, 4.69) is 33.5 Å². The molecule has 0 spiro atoms. The van der Waals surface area contributed by atoms with Crippen LogP contribution in [0.1, 0.15) is 17.2 Å². The Balaban J connectivity index is 2.30. The molecule has 3 nitrogen and oxygen atoms in total. The summed E-state index contributed by atoms with van der Waals surface area (Å²) < 4.78 is 6.43. The van der Waals surface area contributed by atoms with E-state index in [1.54, 1.807) is 13.2 Å². The first-order valence-electron chi connectivity index (χ1n) is 6.18. The molecule has 2 rings (SSSR count). The van der Waals surface area contributed by atoms with Crippen molar-refractivity contribution in [3.8, 4) is 5.75 Å². The van der Waals surface area contributed by atoms with Crippen LogP contribution in [-0.2, 0) is 6.42 Å². The molecule has 0 radical (unpaired) electrons. The molecule has 106 valence electrons. The van der Waals surface area contributed by atoms with Crippen molar-refractivity contribution < 1.29 is 4.74 Å². The minimum Gasteiger partial charge on any atom is -0.496 e. The second kappa shape index (κ2) is 7.09. The van der Waals surface area contributed by atoms with Crippen molar-refractivity contribution in [2.75, 3.05) is 7.11 Å². The fourth-order valence-corrected chi connectivity index (χ4v) is 2.76. The van der Waals surface area contributed by atoms with Crippen LogP contribution in [0.5, 0.6) is 5.75 Å². The molecule has 0 saturated carbocycles. The summed E-state index contributed by atoms with van der Waals surface area (Å²) in [7, 11) is 1.64. The van der Waals surface area contributed by atoms with Gasteiger partial charge >= 0.3 is 0 Å². The quantitative estimate of drug-likeness (QED) is 0.632. The van der Waals surface area contributed by atoms with Gasteiger partial charge in [0.05, 0.1) is 13.2 Å². The number of hydrogen-bond donors (Lipinski definition) is 2. The zero-order valence-corrected chi connectivity index (χ0v) is 13.4. The highest BCUT2D eigenvalue weighted by Gasteiger charge is 2.16. The van der Waals surface area contributed by atoms with E-state index in [1.165, 1.54) is 5.56 Å². The summed E-state index contributed by atoms with van der Waals surface area (Å²) in [5, 5.41) is 0.662. The summed E-state index contributed by atoms with van der Waals surface area (Å²) >= 11 is 9.54. The third kappa shape index (κ3) is 3.73. The summed E-state index contributed by atoms with van der Waals surface area (Å²) in [6.45, 7) is 0. The van der Waals surface area contributed by atoms with Gasteiger partial charge in [0.1, 0.15) is 5.75 Å². The Morgan fingerprint density at radius 2 is 2.10 bits per heavy atom. The third-order valence-electron chi connectivity index (χ3n) is 3.10. The van der Waals surface area contributed by atoms with Gasteiger partial charge < -0.3 is 4.74 Å². The van der Waals surface area contributed by atoms with Crippen molar-refractivity contribution in [1.82, 2.24) is 5.43 Å². The number of hydrogen-bond acceptors (Lipinski definition) is 3. The third-order valence-corrected chi connectivity index (χ3v) is 3.83. The molecule has 0 aromatic heterocycles. The predicted molar refractivity (Wildman–Crippen MR) is 85.9 cm³/mol. The second-order valence-electron chi connectivity index (χ2n) is 4.44. The predicted octanol–water partition coefficient (Wildman–Crippen LogP) is 3.86. The van der Waals surface area contributed by atoms with Crippen LogP contribution < -0.4 is 16.0 Å². The van der Waals surface area contributed by atoms with Gasteiger partial charge in [-0.25, -0.2) is 0 Å². The molecule has 3 N–H and O–H groups in total. The van der Waals surface area contributed by atoms with E-state index in [9.17, 15) is 0 Å². The fourth-order valence-electron chi connectivity index (χ4n) is 2.14. The lowest BCUT2D eigenvalue weighted by atomic mass is 9.98. The number of rotatable bonds is 5. The summed E-state index contributed by atoms with van der Waals surface area (Å²) in [5.74, 6) is 6.47. The maximum Gasteiger partial charge on any atom is 0.123 e. The number of hydrazine groups is 1. The molecule has 1 unspecified atom stereocenters. The monoisotopic (exact) mass is 354 g/mol. The van der Waals surface area contributed by atoms with Crippen LogP contribution in [0.2, 0.25) is 5.02 Å². The van der Waals surface area contributed by atoms with E-state index >= 15 is 0 Å². The molecule has 0 aliphatic heterocycles. The number of nitrogens with two attached hydrogens (primary N) is 1. The summed E-state index contributed by atoms with van der Waals surface area (Å²) in [6, 6.07) is 13.6. The second-order valence-corrected chi connectivity index (χ2v) is 5.79. The Labute approximate surface area is 132 Å². The lowest BCUT2D eigenvalue weighted by Gasteiger charge is -2.19. The van der Waals surface area contributed by atoms with Crippen LogP contribution in [0.3, 0.4) is 0 Å². The maximum atomic E-state index is 6.07. The molecule has 0 heterocycles. The lowest BCUT2D eigenvalue weighted by Crippen LogP contribution is -2.30. The molecule has 0 aliphatic carbocycles.